The van der Waals surface area contributed by atoms with Gasteiger partial charge in [0, 0.05) is 39.4 Å². The van der Waals surface area contributed by atoms with Gasteiger partial charge >= 0.3 is 0 Å². The maximum atomic E-state index is 9.96. The minimum absolute atomic E-state index is 0. The van der Waals surface area contributed by atoms with E-state index in [1.54, 1.807) is 12.2 Å². The third-order valence-electron chi connectivity index (χ3n) is 1.83. The SMILES string of the molecule is CC=CC(C)=O.CC=CC(C)=O.CCCCO.CCCCO.[Zr]. The second-order valence-electron chi connectivity index (χ2n) is 4.38. The molecule has 5 heteroatoms. The Bertz CT molecular complexity index is 242. The zero-order valence-corrected chi connectivity index (χ0v) is 18.2. The van der Waals surface area contributed by atoms with Crippen molar-refractivity contribution in [2.24, 2.45) is 0 Å². The number of rotatable bonds is 6. The van der Waals surface area contributed by atoms with E-state index in [0.717, 1.165) is 25.7 Å². The molecule has 4 nitrogen and oxygen atoms in total. The topological polar surface area (TPSA) is 74.6 Å². The quantitative estimate of drug-likeness (QED) is 0.656. The van der Waals surface area contributed by atoms with Crippen molar-refractivity contribution < 1.29 is 46.0 Å². The zero-order chi connectivity index (χ0) is 18.2. The molecule has 0 atom stereocenters. The van der Waals surface area contributed by atoms with Crippen LogP contribution in [0, 0.1) is 0 Å². The summed E-state index contributed by atoms with van der Waals surface area (Å²) < 4.78 is 0. The van der Waals surface area contributed by atoms with Gasteiger partial charge in [-0.05, 0) is 52.7 Å². The van der Waals surface area contributed by atoms with Crippen LogP contribution < -0.4 is 0 Å². The van der Waals surface area contributed by atoms with Crippen LogP contribution in [0.25, 0.3) is 0 Å². The number of ketones is 2. The molecule has 0 unspecified atom stereocenters. The van der Waals surface area contributed by atoms with Gasteiger partial charge in [-0.15, -0.1) is 0 Å². The average Bonchev–Trinajstić information content (AvgIpc) is 2.42. The predicted octanol–water partition coefficient (Wildman–Crippen LogP) is 3.86. The van der Waals surface area contributed by atoms with Gasteiger partial charge in [0.15, 0.2) is 11.6 Å². The van der Waals surface area contributed by atoms with Crippen LogP contribution in [0.3, 0.4) is 0 Å². The van der Waals surface area contributed by atoms with Gasteiger partial charge in [-0.1, -0.05) is 38.8 Å². The summed E-state index contributed by atoms with van der Waals surface area (Å²) in [6, 6.07) is 0. The first-order valence-electron chi connectivity index (χ1n) is 7.85. The van der Waals surface area contributed by atoms with E-state index in [9.17, 15) is 9.59 Å². The molecule has 0 aliphatic heterocycles. The van der Waals surface area contributed by atoms with Gasteiger partial charge < -0.3 is 10.2 Å². The van der Waals surface area contributed by atoms with Gasteiger partial charge in [0.25, 0.3) is 0 Å². The summed E-state index contributed by atoms with van der Waals surface area (Å²) >= 11 is 0. The molecule has 0 saturated carbocycles. The molecule has 0 fully saturated rings. The normalized spacial score (nSPS) is 8.70. The molecule has 0 aliphatic rings. The number of hydrogen-bond acceptors (Lipinski definition) is 4. The Morgan fingerprint density at radius 2 is 1.04 bits per heavy atom. The van der Waals surface area contributed by atoms with E-state index in [4.69, 9.17) is 10.2 Å². The van der Waals surface area contributed by atoms with Crippen molar-refractivity contribution >= 4 is 11.6 Å². The molecule has 0 aromatic rings. The van der Waals surface area contributed by atoms with Gasteiger partial charge in [0.05, 0.1) is 0 Å². The van der Waals surface area contributed by atoms with Gasteiger partial charge in [-0.3, -0.25) is 9.59 Å². The molecule has 0 rings (SSSR count). The molecule has 0 saturated heterocycles. The molecule has 0 spiro atoms. The van der Waals surface area contributed by atoms with E-state index >= 15 is 0 Å². The Hall–Kier alpha value is -0.377. The van der Waals surface area contributed by atoms with Crippen molar-refractivity contribution in [2.45, 2.75) is 67.2 Å². The summed E-state index contributed by atoms with van der Waals surface area (Å²) in [7, 11) is 0. The van der Waals surface area contributed by atoms with E-state index in [2.05, 4.69) is 13.8 Å². The molecule has 136 valence electrons. The molecule has 0 aromatic carbocycles. The van der Waals surface area contributed by atoms with Crippen molar-refractivity contribution in [1.82, 2.24) is 0 Å². The number of hydrogen-bond donors (Lipinski definition) is 2. The molecule has 23 heavy (non-hydrogen) atoms. The Balaban J connectivity index is -0.0000000620. The molecular formula is C18H36O4Zr. The monoisotopic (exact) mass is 406 g/mol. The van der Waals surface area contributed by atoms with E-state index in [1.165, 1.54) is 26.0 Å². The van der Waals surface area contributed by atoms with Crippen LogP contribution in [0.1, 0.15) is 67.2 Å². The van der Waals surface area contributed by atoms with Crippen molar-refractivity contribution in [3.63, 3.8) is 0 Å². The second-order valence-corrected chi connectivity index (χ2v) is 4.38. The predicted molar refractivity (Wildman–Crippen MR) is 95.0 cm³/mol. The van der Waals surface area contributed by atoms with Crippen LogP contribution in [0.2, 0.25) is 0 Å². The molecule has 0 bridgehead atoms. The summed E-state index contributed by atoms with van der Waals surface area (Å²) in [5.41, 5.74) is 0. The maximum absolute atomic E-state index is 9.96. The fraction of sp³-hybridized carbons (Fsp3) is 0.667. The van der Waals surface area contributed by atoms with Crippen LogP contribution in [-0.4, -0.2) is 35.0 Å². The number of allylic oxidation sites excluding steroid dienone is 4. The zero-order valence-electron chi connectivity index (χ0n) is 15.8. The molecule has 0 radical (unpaired) electrons. The molecule has 0 aliphatic carbocycles. The first-order chi connectivity index (χ1) is 10.4. The summed E-state index contributed by atoms with van der Waals surface area (Å²) in [5.74, 6) is 0.218. The number of carbonyl (C=O) groups is 2. The Labute approximate surface area is 162 Å². The molecular weight excluding hydrogens is 371 g/mol. The number of unbranched alkanes of at least 4 members (excludes halogenated alkanes) is 2. The third kappa shape index (κ3) is 89.9. The summed E-state index contributed by atoms with van der Waals surface area (Å²) in [6.07, 6.45) is 10.6. The van der Waals surface area contributed by atoms with E-state index in [0.29, 0.717) is 13.2 Å². The van der Waals surface area contributed by atoms with Crippen molar-refractivity contribution in [2.75, 3.05) is 13.2 Å². The molecule has 0 heterocycles. The smallest absolute Gasteiger partial charge is 0.152 e. The van der Waals surface area contributed by atoms with Crippen molar-refractivity contribution in [3.05, 3.63) is 24.3 Å². The number of carbonyl (C=O) groups excluding carboxylic acids is 2. The standard InChI is InChI=1S/2C5H8O.2C4H10O.Zr/c2*1-3-4-5(2)6;2*1-2-3-4-5;/h2*3-4H,1-2H3;2*5H,2-4H2,1H3;. The van der Waals surface area contributed by atoms with Crippen LogP contribution in [0.5, 0.6) is 0 Å². The van der Waals surface area contributed by atoms with E-state index < -0.39 is 0 Å². The summed E-state index contributed by atoms with van der Waals surface area (Å²) in [6.45, 7) is 11.5. The van der Waals surface area contributed by atoms with Gasteiger partial charge in [-0.2, -0.15) is 0 Å². The Morgan fingerprint density at radius 3 is 1.04 bits per heavy atom. The van der Waals surface area contributed by atoms with Crippen molar-refractivity contribution in [1.29, 1.82) is 0 Å². The largest absolute Gasteiger partial charge is 0.396 e. The van der Waals surface area contributed by atoms with E-state index in [1.807, 2.05) is 13.8 Å². The van der Waals surface area contributed by atoms with Crippen LogP contribution in [0.15, 0.2) is 24.3 Å². The molecule has 2 N–H and O–H groups in total. The van der Waals surface area contributed by atoms with E-state index in [-0.39, 0.29) is 37.8 Å². The van der Waals surface area contributed by atoms with Gasteiger partial charge in [-0.25, -0.2) is 0 Å². The summed E-state index contributed by atoms with van der Waals surface area (Å²) in [4.78, 5) is 19.9. The average molecular weight is 408 g/mol. The third-order valence-corrected chi connectivity index (χ3v) is 1.83. The first kappa shape index (κ1) is 34.1. The molecule has 0 aromatic heterocycles. The fourth-order valence-corrected chi connectivity index (χ4v) is 0.786. The van der Waals surface area contributed by atoms with Crippen LogP contribution >= 0.6 is 0 Å². The fourth-order valence-electron chi connectivity index (χ4n) is 0.786. The number of aliphatic hydroxyl groups excluding tert-OH is 2. The Morgan fingerprint density at radius 1 is 0.783 bits per heavy atom. The molecule has 0 amide bonds. The minimum Gasteiger partial charge on any atom is -0.396 e. The van der Waals surface area contributed by atoms with Crippen LogP contribution in [0.4, 0.5) is 0 Å². The minimum atomic E-state index is 0. The maximum Gasteiger partial charge on any atom is 0.152 e. The second kappa shape index (κ2) is 37.7. The summed E-state index contributed by atoms with van der Waals surface area (Å²) in [5, 5.41) is 16.1. The van der Waals surface area contributed by atoms with Gasteiger partial charge in [0.2, 0.25) is 0 Å². The number of aliphatic hydroxyl groups is 2. The van der Waals surface area contributed by atoms with Crippen molar-refractivity contribution in [3.8, 4) is 0 Å². The Kier molecular flexibility index (Phi) is 55.8. The first-order valence-corrected chi connectivity index (χ1v) is 7.85. The van der Waals surface area contributed by atoms with Crippen LogP contribution in [-0.2, 0) is 35.8 Å². The van der Waals surface area contributed by atoms with Gasteiger partial charge in [0.1, 0.15) is 0 Å².